The van der Waals surface area contributed by atoms with Crippen LogP contribution in [0.2, 0.25) is 0 Å². The van der Waals surface area contributed by atoms with Gasteiger partial charge < -0.3 is 19.5 Å². The summed E-state index contributed by atoms with van der Waals surface area (Å²) in [6, 6.07) is 12.7. The van der Waals surface area contributed by atoms with Gasteiger partial charge in [-0.05, 0) is 42.8 Å². The first kappa shape index (κ1) is 20.9. The van der Waals surface area contributed by atoms with Gasteiger partial charge in [0.2, 0.25) is 5.91 Å². The minimum atomic E-state index is -0.219. The number of ether oxygens (including phenoxy) is 3. The Balaban J connectivity index is 1.64. The third-order valence-corrected chi connectivity index (χ3v) is 4.34. The van der Waals surface area contributed by atoms with Crippen LogP contribution >= 0.6 is 0 Å². The summed E-state index contributed by atoms with van der Waals surface area (Å²) in [7, 11) is 3.16. The van der Waals surface area contributed by atoms with E-state index in [9.17, 15) is 4.79 Å². The molecule has 0 spiro atoms. The molecule has 3 rings (SSSR count). The van der Waals surface area contributed by atoms with Crippen molar-refractivity contribution in [2.45, 2.75) is 13.0 Å². The standard InChI is InChI=1S/C23H23N3O4/c1-16(18-5-4-6-20(11-18)30-21-13-24-15-25-14-21)26-23(27)10-8-17-7-9-19(28-2)12-22(17)29-3/h4-16H,1-3H3,(H,26,27)/b10-8+/t16-/m0/s1. The molecule has 0 aliphatic heterocycles. The predicted octanol–water partition coefficient (Wildman–Crippen LogP) is 4.18. The van der Waals surface area contributed by atoms with E-state index < -0.39 is 0 Å². The highest BCUT2D eigenvalue weighted by atomic mass is 16.5. The van der Waals surface area contributed by atoms with Gasteiger partial charge in [-0.2, -0.15) is 0 Å². The van der Waals surface area contributed by atoms with Crippen LogP contribution in [0.1, 0.15) is 24.1 Å². The van der Waals surface area contributed by atoms with Gasteiger partial charge in [0.1, 0.15) is 23.6 Å². The quantitative estimate of drug-likeness (QED) is 0.566. The molecule has 1 aromatic heterocycles. The van der Waals surface area contributed by atoms with Crippen molar-refractivity contribution < 1.29 is 19.0 Å². The minimum absolute atomic E-state index is 0.213. The maximum atomic E-state index is 12.4. The second-order valence-corrected chi connectivity index (χ2v) is 6.42. The third kappa shape index (κ3) is 5.57. The number of hydrogen-bond acceptors (Lipinski definition) is 6. The zero-order valence-electron chi connectivity index (χ0n) is 17.0. The smallest absolute Gasteiger partial charge is 0.244 e. The fraction of sp³-hybridized carbons (Fsp3) is 0.174. The highest BCUT2D eigenvalue weighted by Crippen LogP contribution is 2.26. The molecule has 0 fully saturated rings. The molecule has 3 aromatic rings. The van der Waals surface area contributed by atoms with Gasteiger partial charge in [0.25, 0.3) is 0 Å². The molecule has 0 radical (unpaired) electrons. The van der Waals surface area contributed by atoms with Crippen molar-refractivity contribution in [2.75, 3.05) is 14.2 Å². The van der Waals surface area contributed by atoms with Gasteiger partial charge in [-0.25, -0.2) is 9.97 Å². The predicted molar refractivity (Wildman–Crippen MR) is 114 cm³/mol. The maximum Gasteiger partial charge on any atom is 0.244 e. The van der Waals surface area contributed by atoms with E-state index in [0.717, 1.165) is 11.1 Å². The number of carbonyl (C=O) groups excluding carboxylic acids is 1. The first-order valence-electron chi connectivity index (χ1n) is 9.32. The van der Waals surface area contributed by atoms with Gasteiger partial charge in [0.15, 0.2) is 5.75 Å². The molecule has 0 unspecified atom stereocenters. The zero-order chi connectivity index (χ0) is 21.3. The molecule has 7 heteroatoms. The van der Waals surface area contributed by atoms with Crippen LogP contribution in [0, 0.1) is 0 Å². The molecule has 2 aromatic carbocycles. The van der Waals surface area contributed by atoms with Crippen molar-refractivity contribution in [1.29, 1.82) is 0 Å². The molecule has 0 saturated carbocycles. The topological polar surface area (TPSA) is 82.6 Å². The first-order chi connectivity index (χ1) is 14.6. The average molecular weight is 405 g/mol. The van der Waals surface area contributed by atoms with Crippen LogP contribution in [0.5, 0.6) is 23.0 Å². The van der Waals surface area contributed by atoms with Gasteiger partial charge in [0.05, 0.1) is 32.7 Å². The normalized spacial score (nSPS) is 11.7. The fourth-order valence-electron chi connectivity index (χ4n) is 2.79. The van der Waals surface area contributed by atoms with Crippen LogP contribution in [0.4, 0.5) is 0 Å². The Bertz CT molecular complexity index is 1020. The fourth-order valence-corrected chi connectivity index (χ4v) is 2.79. The molecular formula is C23H23N3O4. The van der Waals surface area contributed by atoms with Crippen molar-refractivity contribution in [3.63, 3.8) is 0 Å². The van der Waals surface area contributed by atoms with E-state index in [1.165, 1.54) is 12.4 Å². The summed E-state index contributed by atoms with van der Waals surface area (Å²) in [4.78, 5) is 20.2. The van der Waals surface area contributed by atoms with Crippen LogP contribution in [-0.2, 0) is 4.79 Å². The lowest BCUT2D eigenvalue weighted by molar-refractivity contribution is -0.117. The summed E-state index contributed by atoms with van der Waals surface area (Å²) in [6.45, 7) is 1.91. The van der Waals surface area contributed by atoms with Crippen LogP contribution in [0.3, 0.4) is 0 Å². The summed E-state index contributed by atoms with van der Waals surface area (Å²) in [5.74, 6) is 2.28. The second kappa shape index (κ2) is 10.1. The lowest BCUT2D eigenvalue weighted by Crippen LogP contribution is -2.24. The molecule has 0 aliphatic carbocycles. The molecule has 7 nitrogen and oxygen atoms in total. The summed E-state index contributed by atoms with van der Waals surface area (Å²) >= 11 is 0. The van der Waals surface area contributed by atoms with Crippen LogP contribution in [-0.4, -0.2) is 30.1 Å². The third-order valence-electron chi connectivity index (χ3n) is 4.34. The molecule has 1 N–H and O–H groups in total. The molecule has 0 aliphatic rings. The number of nitrogens with zero attached hydrogens (tertiary/aromatic N) is 2. The summed E-state index contributed by atoms with van der Waals surface area (Å²) in [5, 5.41) is 2.95. The van der Waals surface area contributed by atoms with E-state index in [-0.39, 0.29) is 11.9 Å². The molecule has 154 valence electrons. The zero-order valence-corrected chi connectivity index (χ0v) is 17.0. The SMILES string of the molecule is COc1ccc(/C=C/C(=O)N[C@@H](C)c2cccc(Oc3cncnc3)c2)c(OC)c1. The van der Waals surface area contributed by atoms with Crippen molar-refractivity contribution >= 4 is 12.0 Å². The largest absolute Gasteiger partial charge is 0.497 e. The number of amides is 1. The number of nitrogens with one attached hydrogen (secondary N) is 1. The van der Waals surface area contributed by atoms with E-state index >= 15 is 0 Å². The van der Waals surface area contributed by atoms with Gasteiger partial charge in [-0.1, -0.05) is 12.1 Å². The van der Waals surface area contributed by atoms with Crippen molar-refractivity contribution in [3.05, 3.63) is 78.4 Å². The lowest BCUT2D eigenvalue weighted by Gasteiger charge is -2.14. The second-order valence-electron chi connectivity index (χ2n) is 6.42. The molecule has 30 heavy (non-hydrogen) atoms. The van der Waals surface area contributed by atoms with Crippen LogP contribution in [0.25, 0.3) is 6.08 Å². The molecule has 1 heterocycles. The Morgan fingerprint density at radius 3 is 2.53 bits per heavy atom. The maximum absolute atomic E-state index is 12.4. The number of carbonyl (C=O) groups is 1. The van der Waals surface area contributed by atoms with Crippen molar-refractivity contribution in [2.24, 2.45) is 0 Å². The average Bonchev–Trinajstić information content (AvgIpc) is 2.78. The lowest BCUT2D eigenvalue weighted by atomic mass is 10.1. The molecular weight excluding hydrogens is 382 g/mol. The number of methoxy groups -OCH3 is 2. The monoisotopic (exact) mass is 405 g/mol. The van der Waals surface area contributed by atoms with Crippen LogP contribution < -0.4 is 19.5 Å². The van der Waals surface area contributed by atoms with Gasteiger partial charge in [0, 0.05) is 17.7 Å². The molecule has 1 amide bonds. The minimum Gasteiger partial charge on any atom is -0.497 e. The number of benzene rings is 2. The Labute approximate surface area is 175 Å². The first-order valence-corrected chi connectivity index (χ1v) is 9.32. The van der Waals surface area contributed by atoms with Crippen LogP contribution in [0.15, 0.2) is 67.3 Å². The van der Waals surface area contributed by atoms with E-state index in [2.05, 4.69) is 15.3 Å². The van der Waals surface area contributed by atoms with Gasteiger partial charge in [-0.15, -0.1) is 0 Å². The summed E-state index contributed by atoms with van der Waals surface area (Å²) in [6.07, 6.45) is 7.79. The van der Waals surface area contributed by atoms with Gasteiger partial charge >= 0.3 is 0 Å². The van der Waals surface area contributed by atoms with Gasteiger partial charge in [-0.3, -0.25) is 4.79 Å². The highest BCUT2D eigenvalue weighted by molar-refractivity contribution is 5.92. The molecule has 0 bridgehead atoms. The Morgan fingerprint density at radius 1 is 1.00 bits per heavy atom. The Kier molecular flexibility index (Phi) is 7.00. The number of hydrogen-bond donors (Lipinski definition) is 1. The molecule has 1 atom stereocenters. The Morgan fingerprint density at radius 2 is 1.80 bits per heavy atom. The summed E-state index contributed by atoms with van der Waals surface area (Å²) < 4.78 is 16.3. The number of aromatic nitrogens is 2. The summed E-state index contributed by atoms with van der Waals surface area (Å²) in [5.41, 5.74) is 1.69. The Hall–Kier alpha value is -3.87. The van der Waals surface area contributed by atoms with Crippen molar-refractivity contribution in [3.8, 4) is 23.0 Å². The van der Waals surface area contributed by atoms with Crippen molar-refractivity contribution in [1.82, 2.24) is 15.3 Å². The van der Waals surface area contributed by atoms with E-state index in [1.54, 1.807) is 38.8 Å². The van der Waals surface area contributed by atoms with E-state index in [1.807, 2.05) is 43.3 Å². The highest BCUT2D eigenvalue weighted by Gasteiger charge is 2.10. The number of rotatable bonds is 8. The van der Waals surface area contributed by atoms with E-state index in [4.69, 9.17) is 14.2 Å². The molecule has 0 saturated heterocycles. The van der Waals surface area contributed by atoms with E-state index in [0.29, 0.717) is 23.0 Å².